The summed E-state index contributed by atoms with van der Waals surface area (Å²) in [6.45, 7) is 0. The largest absolute Gasteiger partial charge is 0.477 e. The highest BCUT2D eigenvalue weighted by Gasteiger charge is 2.21. The van der Waals surface area contributed by atoms with Crippen molar-refractivity contribution in [3.05, 3.63) is 56.6 Å². The third kappa shape index (κ3) is 2.48. The second-order valence-corrected chi connectivity index (χ2v) is 4.52. The van der Waals surface area contributed by atoms with Crippen LogP contribution in [0, 0.1) is 15.9 Å². The van der Waals surface area contributed by atoms with Gasteiger partial charge in [0.25, 0.3) is 5.69 Å². The number of carbonyl (C=O) groups is 1. The monoisotopic (exact) mass is 328 g/mol. The van der Waals surface area contributed by atoms with Gasteiger partial charge in [-0.25, -0.2) is 9.18 Å². The maximum absolute atomic E-state index is 13.2. The molecule has 2 aromatic rings. The lowest BCUT2D eigenvalue weighted by Crippen LogP contribution is -2.08. The lowest BCUT2D eigenvalue weighted by atomic mass is 10.2. The van der Waals surface area contributed by atoms with Gasteiger partial charge in [-0.2, -0.15) is 0 Å². The third-order valence-corrected chi connectivity index (χ3v) is 2.83. The smallest absolute Gasteiger partial charge is 0.352 e. The van der Waals surface area contributed by atoms with Crippen LogP contribution in [0.4, 0.5) is 10.1 Å². The molecule has 0 unspecified atom stereocenters. The number of hydrogen-bond acceptors (Lipinski definition) is 3. The lowest BCUT2D eigenvalue weighted by molar-refractivity contribution is -0.384. The number of halogens is 2. The summed E-state index contributed by atoms with van der Waals surface area (Å²) in [5, 5.41) is 19.9. The molecule has 1 N–H and O–H groups in total. The van der Waals surface area contributed by atoms with Crippen LogP contribution in [-0.4, -0.2) is 20.6 Å². The van der Waals surface area contributed by atoms with Crippen molar-refractivity contribution < 1.29 is 19.2 Å². The van der Waals surface area contributed by atoms with Crippen molar-refractivity contribution >= 4 is 27.6 Å². The Bertz CT molecular complexity index is 683. The summed E-state index contributed by atoms with van der Waals surface area (Å²) in [4.78, 5) is 21.3. The van der Waals surface area contributed by atoms with Crippen LogP contribution in [-0.2, 0) is 0 Å². The number of nitro groups is 1. The van der Waals surface area contributed by atoms with Gasteiger partial charge in [0.2, 0.25) is 0 Å². The highest BCUT2D eigenvalue weighted by atomic mass is 79.9. The number of nitro benzene ring substituents is 1. The second-order valence-electron chi connectivity index (χ2n) is 3.61. The average molecular weight is 329 g/mol. The van der Waals surface area contributed by atoms with E-state index in [1.807, 2.05) is 0 Å². The number of benzene rings is 1. The molecule has 0 aliphatic rings. The second kappa shape index (κ2) is 4.81. The Morgan fingerprint density at radius 3 is 2.68 bits per heavy atom. The number of rotatable bonds is 3. The molecule has 2 rings (SSSR count). The van der Waals surface area contributed by atoms with E-state index < -0.39 is 16.7 Å². The molecular weight excluding hydrogens is 323 g/mol. The van der Waals surface area contributed by atoms with Gasteiger partial charge < -0.3 is 9.67 Å². The molecule has 6 nitrogen and oxygen atoms in total. The molecule has 1 heterocycles. The molecule has 0 bridgehead atoms. The third-order valence-electron chi connectivity index (χ3n) is 2.40. The molecule has 1 aromatic heterocycles. The van der Waals surface area contributed by atoms with Crippen molar-refractivity contribution in [2.45, 2.75) is 0 Å². The van der Waals surface area contributed by atoms with Crippen LogP contribution in [0.2, 0.25) is 0 Å². The zero-order valence-corrected chi connectivity index (χ0v) is 10.8. The van der Waals surface area contributed by atoms with Crippen molar-refractivity contribution in [2.24, 2.45) is 0 Å². The van der Waals surface area contributed by atoms with E-state index in [9.17, 15) is 19.3 Å². The molecule has 0 atom stereocenters. The summed E-state index contributed by atoms with van der Waals surface area (Å²) in [5.41, 5.74) is -0.735. The summed E-state index contributed by atoms with van der Waals surface area (Å²) in [7, 11) is 0. The van der Waals surface area contributed by atoms with Crippen molar-refractivity contribution in [2.75, 3.05) is 0 Å². The fourth-order valence-electron chi connectivity index (χ4n) is 1.64. The van der Waals surface area contributed by atoms with Crippen LogP contribution in [0.5, 0.6) is 0 Å². The molecule has 0 aliphatic heterocycles. The first-order valence-electron chi connectivity index (χ1n) is 4.95. The van der Waals surface area contributed by atoms with Gasteiger partial charge in [0.15, 0.2) is 0 Å². The van der Waals surface area contributed by atoms with E-state index in [4.69, 9.17) is 5.11 Å². The fraction of sp³-hybridized carbons (Fsp3) is 0. The molecule has 0 aliphatic carbocycles. The van der Waals surface area contributed by atoms with Crippen molar-refractivity contribution in [1.82, 2.24) is 4.57 Å². The first-order chi connectivity index (χ1) is 8.90. The zero-order valence-electron chi connectivity index (χ0n) is 9.21. The maximum Gasteiger partial charge on any atom is 0.352 e. The van der Waals surface area contributed by atoms with E-state index in [0.717, 1.165) is 22.8 Å². The Morgan fingerprint density at radius 2 is 2.11 bits per heavy atom. The van der Waals surface area contributed by atoms with Crippen LogP contribution < -0.4 is 0 Å². The average Bonchev–Trinajstić information content (AvgIpc) is 2.70. The fourth-order valence-corrected chi connectivity index (χ4v) is 2.06. The maximum atomic E-state index is 13.2. The standard InChI is InChI=1S/C11H6BrFN2O4/c12-6-3-10(11(16)17)14(5-6)9-4-7(13)1-2-8(9)15(18)19/h1-5H,(H,16,17). The zero-order chi connectivity index (χ0) is 14.2. The van der Waals surface area contributed by atoms with Crippen molar-refractivity contribution in [1.29, 1.82) is 0 Å². The van der Waals surface area contributed by atoms with Gasteiger partial charge >= 0.3 is 5.97 Å². The van der Waals surface area contributed by atoms with E-state index in [0.29, 0.717) is 4.47 Å². The number of nitrogens with zero attached hydrogens (tertiary/aromatic N) is 2. The van der Waals surface area contributed by atoms with Gasteiger partial charge in [0, 0.05) is 22.8 Å². The predicted molar refractivity (Wildman–Crippen MR) is 67.0 cm³/mol. The summed E-state index contributed by atoms with van der Waals surface area (Å²) in [6.07, 6.45) is 1.32. The predicted octanol–water partition coefficient (Wildman–Crippen LogP) is 2.99. The number of hydrogen-bond donors (Lipinski definition) is 1. The topological polar surface area (TPSA) is 85.4 Å². The molecule has 0 saturated heterocycles. The number of carboxylic acids is 1. The SMILES string of the molecule is O=C(O)c1cc(Br)cn1-c1cc(F)ccc1[N+](=O)[O-]. The molecule has 1 aromatic carbocycles. The van der Waals surface area contributed by atoms with Crippen LogP contribution in [0.15, 0.2) is 34.9 Å². The van der Waals surface area contributed by atoms with E-state index in [2.05, 4.69) is 15.9 Å². The van der Waals surface area contributed by atoms with Gasteiger partial charge in [-0.3, -0.25) is 10.1 Å². The summed E-state index contributed by atoms with van der Waals surface area (Å²) in [6, 6.07) is 4.12. The molecule has 0 spiro atoms. The molecule has 0 saturated carbocycles. The first kappa shape index (κ1) is 13.2. The van der Waals surface area contributed by atoms with Crippen LogP contribution in [0.3, 0.4) is 0 Å². The van der Waals surface area contributed by atoms with E-state index >= 15 is 0 Å². The minimum absolute atomic E-state index is 0.145. The summed E-state index contributed by atoms with van der Waals surface area (Å²) >= 11 is 3.08. The summed E-state index contributed by atoms with van der Waals surface area (Å²) < 4.78 is 14.7. The molecular formula is C11H6BrFN2O4. The van der Waals surface area contributed by atoms with Gasteiger partial charge in [0.05, 0.1) is 4.92 Å². The van der Waals surface area contributed by atoms with E-state index in [-0.39, 0.29) is 17.1 Å². The van der Waals surface area contributed by atoms with E-state index in [1.54, 1.807) is 0 Å². The molecule has 0 amide bonds. The summed E-state index contributed by atoms with van der Waals surface area (Å²) in [5.74, 6) is -1.97. The van der Waals surface area contributed by atoms with Crippen molar-refractivity contribution in [3.63, 3.8) is 0 Å². The quantitative estimate of drug-likeness (QED) is 0.693. The highest BCUT2D eigenvalue weighted by molar-refractivity contribution is 9.10. The number of aromatic nitrogens is 1. The van der Waals surface area contributed by atoms with Gasteiger partial charge in [-0.15, -0.1) is 0 Å². The van der Waals surface area contributed by atoms with Gasteiger partial charge in [-0.1, -0.05) is 0 Å². The highest BCUT2D eigenvalue weighted by Crippen LogP contribution is 2.27. The minimum atomic E-state index is -1.27. The van der Waals surface area contributed by atoms with E-state index in [1.165, 1.54) is 12.3 Å². The Balaban J connectivity index is 2.74. The van der Waals surface area contributed by atoms with Crippen LogP contribution >= 0.6 is 15.9 Å². The molecule has 19 heavy (non-hydrogen) atoms. The number of carboxylic acid groups (broad SMARTS) is 1. The Morgan fingerprint density at radius 1 is 1.42 bits per heavy atom. The molecule has 0 radical (unpaired) electrons. The van der Waals surface area contributed by atoms with Crippen molar-refractivity contribution in [3.8, 4) is 5.69 Å². The normalized spacial score (nSPS) is 10.4. The Kier molecular flexibility index (Phi) is 3.34. The first-order valence-corrected chi connectivity index (χ1v) is 5.75. The molecule has 0 fully saturated rings. The molecule has 8 heteroatoms. The Hall–Kier alpha value is -2.22. The van der Waals surface area contributed by atoms with Gasteiger partial charge in [0.1, 0.15) is 17.2 Å². The van der Waals surface area contributed by atoms with Crippen LogP contribution in [0.25, 0.3) is 5.69 Å². The Labute approximate surface area is 114 Å². The molecule has 98 valence electrons. The minimum Gasteiger partial charge on any atom is -0.477 e. The van der Waals surface area contributed by atoms with Gasteiger partial charge in [-0.05, 0) is 28.1 Å². The number of aromatic carboxylic acids is 1. The van der Waals surface area contributed by atoms with Crippen LogP contribution in [0.1, 0.15) is 10.5 Å². The lowest BCUT2D eigenvalue weighted by Gasteiger charge is -2.07.